The Labute approximate surface area is 221 Å². The summed E-state index contributed by atoms with van der Waals surface area (Å²) in [5.41, 5.74) is 1.12. The molecule has 0 N–H and O–H groups in total. The van der Waals surface area contributed by atoms with E-state index in [9.17, 15) is 18.0 Å². The zero-order valence-corrected chi connectivity index (χ0v) is 22.0. The van der Waals surface area contributed by atoms with E-state index >= 15 is 0 Å². The summed E-state index contributed by atoms with van der Waals surface area (Å²) in [7, 11) is -3.96. The standard InChI is InChI=1S/C25H28Cl2N2O6S/c26-21-16-22(27)23(36(32,33)29-10-12-34-13-11-29)15-20(21)25(31)35-17-24(30)28-8-6-19(7-9-28)14-18-4-2-1-3-5-18/h1-5,15-16,19H,6-14,17H2. The molecule has 0 spiro atoms. The van der Waals surface area contributed by atoms with Crippen LogP contribution in [-0.4, -0.2) is 75.5 Å². The second-order valence-corrected chi connectivity index (χ2v) is 11.6. The van der Waals surface area contributed by atoms with Crippen molar-refractivity contribution >= 4 is 45.1 Å². The van der Waals surface area contributed by atoms with Gasteiger partial charge < -0.3 is 14.4 Å². The van der Waals surface area contributed by atoms with E-state index in [1.54, 1.807) is 4.90 Å². The Balaban J connectivity index is 1.34. The van der Waals surface area contributed by atoms with Crippen molar-refractivity contribution in [1.82, 2.24) is 9.21 Å². The number of likely N-dealkylation sites (tertiary alicyclic amines) is 1. The van der Waals surface area contributed by atoms with Gasteiger partial charge in [-0.05, 0) is 42.9 Å². The number of sulfonamides is 1. The van der Waals surface area contributed by atoms with Crippen molar-refractivity contribution in [1.29, 1.82) is 0 Å². The van der Waals surface area contributed by atoms with Crippen LogP contribution in [0.2, 0.25) is 10.0 Å². The predicted octanol–water partition coefficient (Wildman–Crippen LogP) is 3.65. The summed E-state index contributed by atoms with van der Waals surface area (Å²) in [4.78, 5) is 26.8. The molecule has 2 aromatic carbocycles. The van der Waals surface area contributed by atoms with Crippen molar-refractivity contribution in [3.63, 3.8) is 0 Å². The van der Waals surface area contributed by atoms with Crippen LogP contribution in [0.4, 0.5) is 0 Å². The maximum atomic E-state index is 13.0. The minimum absolute atomic E-state index is 0.0555. The largest absolute Gasteiger partial charge is 0.452 e. The number of carbonyl (C=O) groups excluding carboxylic acids is 2. The molecule has 0 bridgehead atoms. The molecule has 4 rings (SSSR count). The molecule has 0 aliphatic carbocycles. The first-order chi connectivity index (χ1) is 17.3. The second kappa shape index (κ2) is 11.9. The molecule has 2 aliphatic heterocycles. The van der Waals surface area contributed by atoms with Crippen molar-refractivity contribution < 1.29 is 27.5 Å². The zero-order chi connectivity index (χ0) is 25.7. The Bertz CT molecular complexity index is 1190. The summed E-state index contributed by atoms with van der Waals surface area (Å²) < 4.78 is 37.7. The van der Waals surface area contributed by atoms with Crippen LogP contribution in [0.25, 0.3) is 0 Å². The van der Waals surface area contributed by atoms with Crippen molar-refractivity contribution in [3.05, 3.63) is 63.6 Å². The number of amides is 1. The number of hydrogen-bond acceptors (Lipinski definition) is 6. The molecule has 2 heterocycles. The molecule has 8 nitrogen and oxygen atoms in total. The summed E-state index contributed by atoms with van der Waals surface area (Å²) >= 11 is 12.3. The summed E-state index contributed by atoms with van der Waals surface area (Å²) in [6.07, 6.45) is 2.73. The second-order valence-electron chi connectivity index (χ2n) is 8.87. The molecule has 2 aromatic rings. The fourth-order valence-corrected chi connectivity index (χ4v) is 6.67. The molecule has 1 amide bonds. The number of rotatable bonds is 7. The van der Waals surface area contributed by atoms with E-state index in [2.05, 4.69) is 12.1 Å². The maximum Gasteiger partial charge on any atom is 0.340 e. The van der Waals surface area contributed by atoms with Crippen LogP contribution in [0, 0.1) is 5.92 Å². The molecule has 0 unspecified atom stereocenters. The number of morpholine rings is 1. The normalized spacial score (nSPS) is 17.7. The Morgan fingerprint density at radius 2 is 1.64 bits per heavy atom. The van der Waals surface area contributed by atoms with E-state index in [1.807, 2.05) is 18.2 Å². The molecule has 0 saturated carbocycles. The van der Waals surface area contributed by atoms with Gasteiger partial charge in [0.25, 0.3) is 5.91 Å². The quantitative estimate of drug-likeness (QED) is 0.485. The lowest BCUT2D eigenvalue weighted by Crippen LogP contribution is -2.41. The highest BCUT2D eigenvalue weighted by molar-refractivity contribution is 7.89. The van der Waals surface area contributed by atoms with Crippen LogP contribution in [0.3, 0.4) is 0 Å². The van der Waals surface area contributed by atoms with E-state index < -0.39 is 22.6 Å². The smallest absolute Gasteiger partial charge is 0.340 e. The Morgan fingerprint density at radius 1 is 0.972 bits per heavy atom. The number of hydrogen-bond donors (Lipinski definition) is 0. The molecule has 0 aromatic heterocycles. The molecule has 194 valence electrons. The van der Waals surface area contributed by atoms with Crippen LogP contribution in [0.5, 0.6) is 0 Å². The van der Waals surface area contributed by atoms with E-state index in [0.717, 1.165) is 25.3 Å². The van der Waals surface area contributed by atoms with Crippen LogP contribution in [0.15, 0.2) is 47.4 Å². The molecule has 11 heteroatoms. The van der Waals surface area contributed by atoms with Crippen molar-refractivity contribution in [2.45, 2.75) is 24.2 Å². The van der Waals surface area contributed by atoms with Crippen molar-refractivity contribution in [3.8, 4) is 0 Å². The molecule has 2 aliphatic rings. The first-order valence-electron chi connectivity index (χ1n) is 11.8. The van der Waals surface area contributed by atoms with Gasteiger partial charge in [0, 0.05) is 26.2 Å². The molecule has 0 atom stereocenters. The molecular weight excluding hydrogens is 527 g/mol. The van der Waals surface area contributed by atoms with Gasteiger partial charge in [0.15, 0.2) is 6.61 Å². The molecule has 2 fully saturated rings. The minimum Gasteiger partial charge on any atom is -0.452 e. The Kier molecular flexibility index (Phi) is 8.90. The van der Waals surface area contributed by atoms with Gasteiger partial charge in [-0.2, -0.15) is 4.31 Å². The molecule has 2 saturated heterocycles. The molecular formula is C25H28Cl2N2O6S. The number of ether oxygens (including phenoxy) is 2. The van der Waals surface area contributed by atoms with Crippen molar-refractivity contribution in [2.24, 2.45) is 5.92 Å². The van der Waals surface area contributed by atoms with E-state index in [0.29, 0.717) is 19.0 Å². The van der Waals surface area contributed by atoms with Gasteiger partial charge in [-0.1, -0.05) is 53.5 Å². The highest BCUT2D eigenvalue weighted by atomic mass is 35.5. The lowest BCUT2D eigenvalue weighted by atomic mass is 9.90. The third-order valence-corrected chi connectivity index (χ3v) is 9.17. The minimum atomic E-state index is -3.96. The zero-order valence-electron chi connectivity index (χ0n) is 19.7. The van der Waals surface area contributed by atoms with Crippen LogP contribution >= 0.6 is 23.2 Å². The number of piperidine rings is 1. The van der Waals surface area contributed by atoms with Crippen LogP contribution in [0.1, 0.15) is 28.8 Å². The number of benzene rings is 2. The lowest BCUT2D eigenvalue weighted by molar-refractivity contribution is -0.135. The number of carbonyl (C=O) groups is 2. The third-order valence-electron chi connectivity index (χ3n) is 6.49. The Morgan fingerprint density at radius 3 is 2.31 bits per heavy atom. The summed E-state index contributed by atoms with van der Waals surface area (Å²) in [6, 6.07) is 12.6. The van der Waals surface area contributed by atoms with Gasteiger partial charge in [-0.15, -0.1) is 0 Å². The first-order valence-corrected chi connectivity index (χ1v) is 14.0. The van der Waals surface area contributed by atoms with Crippen molar-refractivity contribution in [2.75, 3.05) is 46.0 Å². The van der Waals surface area contributed by atoms with Gasteiger partial charge in [-0.3, -0.25) is 4.79 Å². The van der Waals surface area contributed by atoms with Crippen LogP contribution < -0.4 is 0 Å². The molecule has 36 heavy (non-hydrogen) atoms. The lowest BCUT2D eigenvalue weighted by Gasteiger charge is -2.32. The van der Waals surface area contributed by atoms with Gasteiger partial charge in [0.05, 0.1) is 28.8 Å². The third kappa shape index (κ3) is 6.39. The average molecular weight is 555 g/mol. The maximum absolute atomic E-state index is 13.0. The first kappa shape index (κ1) is 26.9. The SMILES string of the molecule is O=C(OCC(=O)N1CCC(Cc2ccccc2)CC1)c1cc(S(=O)(=O)N2CCOCC2)c(Cl)cc1Cl. The van der Waals surface area contributed by atoms with Gasteiger partial charge in [0.2, 0.25) is 10.0 Å². The summed E-state index contributed by atoms with van der Waals surface area (Å²) in [5, 5.41) is -0.155. The topological polar surface area (TPSA) is 93.2 Å². The highest BCUT2D eigenvalue weighted by Gasteiger charge is 2.31. The van der Waals surface area contributed by atoms with Gasteiger partial charge >= 0.3 is 5.97 Å². The van der Waals surface area contributed by atoms with Gasteiger partial charge in [-0.25, -0.2) is 13.2 Å². The van der Waals surface area contributed by atoms with E-state index in [4.69, 9.17) is 32.7 Å². The Hall–Kier alpha value is -2.17. The predicted molar refractivity (Wildman–Crippen MR) is 136 cm³/mol. The monoisotopic (exact) mass is 554 g/mol. The highest BCUT2D eigenvalue weighted by Crippen LogP contribution is 2.31. The number of halogens is 2. The fourth-order valence-electron chi connectivity index (χ4n) is 4.44. The van der Waals surface area contributed by atoms with Gasteiger partial charge in [0.1, 0.15) is 4.90 Å². The van der Waals surface area contributed by atoms with Crippen LogP contribution in [-0.2, 0) is 30.7 Å². The molecule has 0 radical (unpaired) electrons. The number of esters is 1. The average Bonchev–Trinajstić information content (AvgIpc) is 2.88. The van der Waals surface area contributed by atoms with E-state index in [1.165, 1.54) is 15.9 Å². The summed E-state index contributed by atoms with van der Waals surface area (Å²) in [6.45, 7) is 1.63. The van der Waals surface area contributed by atoms with E-state index in [-0.39, 0.29) is 52.7 Å². The fraction of sp³-hybridized carbons (Fsp3) is 0.440. The number of nitrogens with zero attached hydrogens (tertiary/aromatic N) is 2. The summed E-state index contributed by atoms with van der Waals surface area (Å²) in [5.74, 6) is -0.686.